The van der Waals surface area contributed by atoms with E-state index in [1.165, 1.54) is 48.2 Å². The summed E-state index contributed by atoms with van der Waals surface area (Å²) in [5, 5.41) is 2.83. The van der Waals surface area contributed by atoms with Gasteiger partial charge in [0.05, 0.1) is 24.9 Å². The van der Waals surface area contributed by atoms with Gasteiger partial charge in [-0.25, -0.2) is 17.2 Å². The fourth-order valence-corrected chi connectivity index (χ4v) is 4.85. The van der Waals surface area contributed by atoms with E-state index in [1.54, 1.807) is 25.1 Å². The van der Waals surface area contributed by atoms with E-state index >= 15 is 0 Å². The second-order valence-corrected chi connectivity index (χ2v) is 10.1. The van der Waals surface area contributed by atoms with Crippen molar-refractivity contribution in [1.29, 1.82) is 0 Å². The second-order valence-electron chi connectivity index (χ2n) is 8.01. The topological polar surface area (TPSA) is 102 Å². The van der Waals surface area contributed by atoms with Crippen LogP contribution in [0, 0.1) is 18.6 Å². The molecule has 0 amide bonds. The van der Waals surface area contributed by atoms with Gasteiger partial charge in [0.25, 0.3) is 10.0 Å². The lowest BCUT2D eigenvalue weighted by Gasteiger charge is -2.18. The van der Waals surface area contributed by atoms with Gasteiger partial charge in [-0.2, -0.15) is 4.98 Å². The first-order valence-corrected chi connectivity index (χ1v) is 12.7. The normalized spacial score (nSPS) is 11.3. The first kappa shape index (κ1) is 26.1. The Morgan fingerprint density at radius 1 is 1.05 bits per heavy atom. The predicted molar refractivity (Wildman–Crippen MR) is 137 cm³/mol. The zero-order valence-corrected chi connectivity index (χ0v) is 21.2. The third-order valence-electron chi connectivity index (χ3n) is 5.36. The fraction of sp³-hybridized carbons (Fsp3) is 0.120. The standard InChI is InChI=1S/C25H21ClF2N4O4S/c1-15-10-20(28)23(37(34,35)31-17-6-4-3-5-7-17)12-21(15)29-25-30-24(33)22(36-2)14-32(25)13-16-8-9-19(27)18(26)11-16/h3-12,14,31H,13H2,1-2H3,(H,29,30,33). The largest absolute Gasteiger partial charge is 0.490 e. The lowest BCUT2D eigenvalue weighted by Crippen LogP contribution is -2.19. The van der Waals surface area contributed by atoms with E-state index in [-0.39, 0.29) is 34.6 Å². The molecule has 0 saturated carbocycles. The Morgan fingerprint density at radius 2 is 1.78 bits per heavy atom. The molecule has 0 aliphatic carbocycles. The van der Waals surface area contributed by atoms with Crippen molar-refractivity contribution < 1.29 is 21.9 Å². The fourth-order valence-electron chi connectivity index (χ4n) is 3.50. The molecule has 0 spiro atoms. The first-order valence-electron chi connectivity index (χ1n) is 10.8. The van der Waals surface area contributed by atoms with Crippen molar-refractivity contribution in [1.82, 2.24) is 9.55 Å². The molecule has 0 aliphatic heterocycles. The predicted octanol–water partition coefficient (Wildman–Crippen LogP) is 5.08. The highest BCUT2D eigenvalue weighted by atomic mass is 35.5. The zero-order valence-electron chi connectivity index (χ0n) is 19.6. The number of sulfonamides is 1. The van der Waals surface area contributed by atoms with E-state index < -0.39 is 32.1 Å². The Bertz CT molecular complexity index is 1630. The van der Waals surface area contributed by atoms with Crippen molar-refractivity contribution in [3.63, 3.8) is 0 Å². The van der Waals surface area contributed by atoms with Gasteiger partial charge >= 0.3 is 5.56 Å². The van der Waals surface area contributed by atoms with E-state index in [4.69, 9.17) is 16.3 Å². The number of anilines is 3. The van der Waals surface area contributed by atoms with Crippen LogP contribution in [-0.4, -0.2) is 25.1 Å². The Balaban J connectivity index is 1.74. The molecule has 12 heteroatoms. The Morgan fingerprint density at radius 3 is 2.46 bits per heavy atom. The number of nitrogens with zero attached hydrogens (tertiary/aromatic N) is 2. The molecule has 4 rings (SSSR count). The number of aryl methyl sites for hydroxylation is 1. The molecule has 192 valence electrons. The van der Waals surface area contributed by atoms with Gasteiger partial charge in [-0.05, 0) is 54.4 Å². The summed E-state index contributed by atoms with van der Waals surface area (Å²) in [4.78, 5) is 15.8. The van der Waals surface area contributed by atoms with E-state index in [2.05, 4.69) is 15.0 Å². The van der Waals surface area contributed by atoms with Crippen LogP contribution >= 0.6 is 11.6 Å². The minimum Gasteiger partial charge on any atom is -0.490 e. The van der Waals surface area contributed by atoms with E-state index in [1.807, 2.05) is 0 Å². The van der Waals surface area contributed by atoms with Gasteiger partial charge < -0.3 is 14.6 Å². The maximum Gasteiger partial charge on any atom is 0.316 e. The average molecular weight is 547 g/mol. The number of aromatic nitrogens is 2. The van der Waals surface area contributed by atoms with E-state index in [9.17, 15) is 22.0 Å². The van der Waals surface area contributed by atoms with Gasteiger partial charge in [0.1, 0.15) is 16.5 Å². The SMILES string of the molecule is COc1cn(Cc2ccc(F)c(Cl)c2)c(Nc2cc(S(=O)(=O)Nc3ccccc3)c(F)cc2C)nc1=O. The molecule has 0 atom stereocenters. The molecular formula is C25H21ClF2N4O4S. The van der Waals surface area contributed by atoms with Gasteiger partial charge in [0.2, 0.25) is 11.7 Å². The van der Waals surface area contributed by atoms with Gasteiger partial charge in [-0.1, -0.05) is 35.9 Å². The number of nitrogens with one attached hydrogen (secondary N) is 2. The van der Waals surface area contributed by atoms with Crippen molar-refractivity contribution >= 4 is 38.9 Å². The Hall–Kier alpha value is -3.96. The number of rotatable bonds is 8. The van der Waals surface area contributed by atoms with Crippen LogP contribution in [0.4, 0.5) is 26.1 Å². The highest BCUT2D eigenvalue weighted by Crippen LogP contribution is 2.28. The van der Waals surface area contributed by atoms with Crippen molar-refractivity contribution in [2.75, 3.05) is 17.1 Å². The van der Waals surface area contributed by atoms with Crippen LogP contribution in [0.3, 0.4) is 0 Å². The monoisotopic (exact) mass is 546 g/mol. The number of ether oxygens (including phenoxy) is 1. The molecule has 0 fully saturated rings. The van der Waals surface area contributed by atoms with E-state index in [0.717, 1.165) is 12.1 Å². The molecule has 1 heterocycles. The molecule has 4 aromatic rings. The summed E-state index contributed by atoms with van der Waals surface area (Å²) in [5.41, 5.74) is 0.723. The third-order valence-corrected chi connectivity index (χ3v) is 7.05. The van der Waals surface area contributed by atoms with Crippen LogP contribution in [0.15, 0.2) is 76.6 Å². The van der Waals surface area contributed by atoms with Crippen LogP contribution in [0.2, 0.25) is 5.02 Å². The average Bonchev–Trinajstić information content (AvgIpc) is 2.84. The maximum atomic E-state index is 14.8. The summed E-state index contributed by atoms with van der Waals surface area (Å²) >= 11 is 5.90. The number of hydrogen-bond donors (Lipinski definition) is 2. The van der Waals surface area contributed by atoms with Crippen molar-refractivity contribution in [3.05, 3.63) is 105 Å². The van der Waals surface area contributed by atoms with Gasteiger partial charge in [0, 0.05) is 11.4 Å². The van der Waals surface area contributed by atoms with Crippen LogP contribution < -0.4 is 20.3 Å². The molecule has 0 saturated heterocycles. The van der Waals surface area contributed by atoms with Gasteiger partial charge in [-0.3, -0.25) is 9.52 Å². The molecule has 37 heavy (non-hydrogen) atoms. The number of methoxy groups -OCH3 is 1. The Kier molecular flexibility index (Phi) is 7.46. The second kappa shape index (κ2) is 10.6. The van der Waals surface area contributed by atoms with Crippen LogP contribution in [0.25, 0.3) is 0 Å². The molecule has 0 unspecified atom stereocenters. The van der Waals surface area contributed by atoms with Crippen LogP contribution in [0.5, 0.6) is 5.75 Å². The highest BCUT2D eigenvalue weighted by molar-refractivity contribution is 7.92. The molecule has 1 aromatic heterocycles. The van der Waals surface area contributed by atoms with Crippen molar-refractivity contribution in [3.8, 4) is 5.75 Å². The molecule has 0 radical (unpaired) electrons. The summed E-state index contributed by atoms with van der Waals surface area (Å²) in [6.45, 7) is 1.67. The highest BCUT2D eigenvalue weighted by Gasteiger charge is 2.22. The Labute approximate surface area is 216 Å². The summed E-state index contributed by atoms with van der Waals surface area (Å²) in [5.74, 6) is -1.57. The third kappa shape index (κ3) is 5.89. The number of benzene rings is 3. The summed E-state index contributed by atoms with van der Waals surface area (Å²) < 4.78 is 63.2. The van der Waals surface area contributed by atoms with Crippen LogP contribution in [-0.2, 0) is 16.6 Å². The lowest BCUT2D eigenvalue weighted by molar-refractivity contribution is 0.402. The maximum absolute atomic E-state index is 14.8. The summed E-state index contributed by atoms with van der Waals surface area (Å²) in [7, 11) is -2.97. The number of para-hydroxylation sites is 1. The first-order chi connectivity index (χ1) is 17.6. The quantitative estimate of drug-likeness (QED) is 0.319. The van der Waals surface area contributed by atoms with Crippen molar-refractivity contribution in [2.45, 2.75) is 18.4 Å². The summed E-state index contributed by atoms with van der Waals surface area (Å²) in [6.07, 6.45) is 1.39. The smallest absolute Gasteiger partial charge is 0.316 e. The van der Waals surface area contributed by atoms with Gasteiger partial charge in [-0.15, -0.1) is 0 Å². The molecule has 3 aromatic carbocycles. The van der Waals surface area contributed by atoms with Crippen LogP contribution in [0.1, 0.15) is 11.1 Å². The summed E-state index contributed by atoms with van der Waals surface area (Å²) in [6, 6.07) is 14.4. The van der Waals surface area contributed by atoms with Crippen molar-refractivity contribution in [2.24, 2.45) is 0 Å². The number of hydrogen-bond acceptors (Lipinski definition) is 6. The minimum atomic E-state index is -4.29. The molecule has 0 bridgehead atoms. The van der Waals surface area contributed by atoms with E-state index in [0.29, 0.717) is 11.1 Å². The van der Waals surface area contributed by atoms with Gasteiger partial charge in [0.15, 0.2) is 0 Å². The molecule has 8 nitrogen and oxygen atoms in total. The zero-order chi connectivity index (χ0) is 26.7. The lowest BCUT2D eigenvalue weighted by atomic mass is 10.2. The number of halogens is 3. The molecule has 2 N–H and O–H groups in total. The minimum absolute atomic E-state index is 0.0142. The molecule has 0 aliphatic rings. The molecular weight excluding hydrogens is 526 g/mol.